The minimum Gasteiger partial charge on any atom is -0.457 e. The first-order valence-electron chi connectivity index (χ1n) is 28.8. The summed E-state index contributed by atoms with van der Waals surface area (Å²) in [5.41, 5.74) is 0. The van der Waals surface area contributed by atoms with Gasteiger partial charge in [-0.2, -0.15) is 8.42 Å². The lowest BCUT2D eigenvalue weighted by Gasteiger charge is -2.41. The van der Waals surface area contributed by atoms with E-state index in [0.29, 0.717) is 13.0 Å². The summed E-state index contributed by atoms with van der Waals surface area (Å²) in [6.45, 7) is 4.07. The average molecular weight is 994 g/mol. The second-order valence-electron chi connectivity index (χ2n) is 20.3. The molecule has 1 fully saturated rings. The lowest BCUT2D eigenvalue weighted by Crippen LogP contribution is -2.60. The molecular weight excluding hydrogens is 885 g/mol. The smallest absolute Gasteiger partial charge is 0.397 e. The molecule has 1 saturated heterocycles. The van der Waals surface area contributed by atoms with Crippen LogP contribution in [0.3, 0.4) is 0 Å². The van der Waals surface area contributed by atoms with E-state index in [4.69, 9.17) is 18.9 Å². The van der Waals surface area contributed by atoms with Gasteiger partial charge in [0, 0.05) is 13.0 Å². The summed E-state index contributed by atoms with van der Waals surface area (Å²) < 4.78 is 59.4. The Hall–Kier alpha value is -0.900. The first-order valence-corrected chi connectivity index (χ1v) is 30.2. The van der Waals surface area contributed by atoms with Crippen LogP contribution in [0.25, 0.3) is 0 Å². The van der Waals surface area contributed by atoms with E-state index < -0.39 is 59.8 Å². The summed E-state index contributed by atoms with van der Waals surface area (Å²) in [7, 11) is -5.06. The predicted molar refractivity (Wildman–Crippen MR) is 276 cm³/mol. The molecule has 0 amide bonds. The molecule has 13 heteroatoms. The third-order valence-corrected chi connectivity index (χ3v) is 14.2. The van der Waals surface area contributed by atoms with Gasteiger partial charge in [-0.05, 0) is 12.8 Å². The monoisotopic (exact) mass is 993 g/mol. The molecule has 6 unspecified atom stereocenters. The lowest BCUT2D eigenvalue weighted by molar-refractivity contribution is -0.301. The zero-order valence-corrected chi connectivity index (χ0v) is 44.8. The largest absolute Gasteiger partial charge is 0.457 e. The summed E-state index contributed by atoms with van der Waals surface area (Å²) in [6, 6.07) is 0. The minimum atomic E-state index is -5.06. The van der Waals surface area contributed by atoms with Crippen LogP contribution in [0.4, 0.5) is 0 Å². The zero-order chi connectivity index (χ0) is 49.6. The standard InChI is InChI=1S/C55H108O12S/c1-3-5-7-9-11-13-15-17-19-20-21-22-23-24-25-26-27-28-29-31-33-35-37-39-41-43-45-63-47-49(48-64-55-53(59)54(67-68(60,61)62)52(58)50(46-56)66-55)65-51(57)44-42-40-38-36-34-32-30-18-16-14-12-10-8-6-4-2/h49-50,52-56,58-59H,3-48H2,1-2H3,(H,60,61,62). The number of aliphatic hydroxyl groups excluding tert-OH is 3. The van der Waals surface area contributed by atoms with Gasteiger partial charge >= 0.3 is 16.4 Å². The van der Waals surface area contributed by atoms with Crippen molar-refractivity contribution >= 4 is 16.4 Å². The quantitative estimate of drug-likeness (QED) is 0.0258. The first-order chi connectivity index (χ1) is 33.1. The van der Waals surface area contributed by atoms with E-state index in [1.54, 1.807) is 0 Å². The molecule has 1 rings (SSSR count). The highest BCUT2D eigenvalue weighted by molar-refractivity contribution is 7.80. The van der Waals surface area contributed by atoms with Crippen molar-refractivity contribution in [3.8, 4) is 0 Å². The molecule has 0 aromatic rings. The molecule has 0 aliphatic carbocycles. The normalized spacial score (nSPS) is 19.2. The number of esters is 1. The number of carbonyl (C=O) groups is 1. The topological polar surface area (TPSA) is 178 Å². The van der Waals surface area contributed by atoms with Gasteiger partial charge in [0.15, 0.2) is 6.29 Å². The maximum Gasteiger partial charge on any atom is 0.397 e. The minimum absolute atomic E-state index is 0.0455. The van der Waals surface area contributed by atoms with Gasteiger partial charge in [-0.15, -0.1) is 0 Å². The number of rotatable bonds is 52. The summed E-state index contributed by atoms with van der Waals surface area (Å²) >= 11 is 0. The highest BCUT2D eigenvalue weighted by Gasteiger charge is 2.48. The Balaban J connectivity index is 2.24. The van der Waals surface area contributed by atoms with Gasteiger partial charge < -0.3 is 34.3 Å². The molecule has 0 aromatic heterocycles. The molecule has 0 aromatic carbocycles. The van der Waals surface area contributed by atoms with Gasteiger partial charge in [0.25, 0.3) is 0 Å². The van der Waals surface area contributed by atoms with E-state index >= 15 is 0 Å². The van der Waals surface area contributed by atoms with Crippen molar-refractivity contribution in [1.82, 2.24) is 0 Å². The summed E-state index contributed by atoms with van der Waals surface area (Å²) in [4.78, 5) is 12.9. The van der Waals surface area contributed by atoms with E-state index in [2.05, 4.69) is 18.0 Å². The molecule has 4 N–H and O–H groups in total. The van der Waals surface area contributed by atoms with Gasteiger partial charge in [-0.3, -0.25) is 9.35 Å². The summed E-state index contributed by atoms with van der Waals surface area (Å²) in [6.07, 6.45) is 44.4. The predicted octanol–water partition coefficient (Wildman–Crippen LogP) is 14.0. The molecule has 1 heterocycles. The summed E-state index contributed by atoms with van der Waals surface area (Å²) in [5.74, 6) is -0.390. The Bertz CT molecular complexity index is 1190. The molecule has 406 valence electrons. The van der Waals surface area contributed by atoms with Gasteiger partial charge in [-0.25, -0.2) is 4.18 Å². The molecule has 68 heavy (non-hydrogen) atoms. The molecule has 1 aliphatic rings. The summed E-state index contributed by atoms with van der Waals surface area (Å²) in [5, 5.41) is 30.8. The van der Waals surface area contributed by atoms with Crippen molar-refractivity contribution in [2.24, 2.45) is 0 Å². The van der Waals surface area contributed by atoms with E-state index in [-0.39, 0.29) is 19.6 Å². The third kappa shape index (κ3) is 39.7. The van der Waals surface area contributed by atoms with Crippen LogP contribution in [-0.4, -0.2) is 97.5 Å². The molecule has 6 atom stereocenters. The Morgan fingerprint density at radius 1 is 0.500 bits per heavy atom. The Kier molecular flexibility index (Phi) is 45.1. The van der Waals surface area contributed by atoms with Crippen LogP contribution < -0.4 is 0 Å². The average Bonchev–Trinajstić information content (AvgIpc) is 3.31. The van der Waals surface area contributed by atoms with Crippen molar-refractivity contribution in [3.63, 3.8) is 0 Å². The van der Waals surface area contributed by atoms with Crippen LogP contribution in [0.2, 0.25) is 0 Å². The zero-order valence-electron chi connectivity index (χ0n) is 44.0. The van der Waals surface area contributed by atoms with E-state index in [1.807, 2.05) is 0 Å². The number of aliphatic hydroxyl groups is 3. The number of carbonyl (C=O) groups excluding carboxylic acids is 1. The molecule has 1 aliphatic heterocycles. The lowest BCUT2D eigenvalue weighted by atomic mass is 9.99. The van der Waals surface area contributed by atoms with E-state index in [9.17, 15) is 33.1 Å². The number of hydrogen-bond donors (Lipinski definition) is 4. The SMILES string of the molecule is CCCCCCCCCCCCCCCCCCCCCCCCCCCCOCC(COC1OC(CO)C(O)C(OS(=O)(=O)O)C1O)OC(=O)CCCCCCCCCCCCCCCCC. The molecule has 0 radical (unpaired) electrons. The highest BCUT2D eigenvalue weighted by Crippen LogP contribution is 2.26. The second-order valence-corrected chi connectivity index (χ2v) is 21.3. The van der Waals surface area contributed by atoms with Gasteiger partial charge in [0.1, 0.15) is 30.5 Å². The van der Waals surface area contributed by atoms with Crippen molar-refractivity contribution < 1.29 is 56.2 Å². The molecule has 0 saturated carbocycles. The molecule has 0 spiro atoms. The van der Waals surface area contributed by atoms with Crippen molar-refractivity contribution in [3.05, 3.63) is 0 Å². The maximum absolute atomic E-state index is 12.9. The number of ether oxygens (including phenoxy) is 4. The maximum atomic E-state index is 12.9. The molecule has 12 nitrogen and oxygen atoms in total. The van der Waals surface area contributed by atoms with Gasteiger partial charge in [-0.1, -0.05) is 264 Å². The third-order valence-electron chi connectivity index (χ3n) is 13.7. The second kappa shape index (κ2) is 47.1. The van der Waals surface area contributed by atoms with Crippen molar-refractivity contribution in [2.75, 3.05) is 26.4 Å². The van der Waals surface area contributed by atoms with E-state index in [1.165, 1.54) is 218 Å². The Morgan fingerprint density at radius 2 is 0.838 bits per heavy atom. The van der Waals surface area contributed by atoms with Crippen molar-refractivity contribution in [2.45, 2.75) is 320 Å². The number of unbranched alkanes of at least 4 members (excludes halogenated alkanes) is 39. The molecular formula is C55H108O12S. The van der Waals surface area contributed by atoms with Crippen LogP contribution in [0, 0.1) is 0 Å². The fourth-order valence-corrected chi connectivity index (χ4v) is 9.89. The van der Waals surface area contributed by atoms with Crippen LogP contribution in [0.1, 0.15) is 284 Å². The van der Waals surface area contributed by atoms with Crippen LogP contribution >= 0.6 is 0 Å². The number of hydrogen-bond acceptors (Lipinski definition) is 11. The fourth-order valence-electron chi connectivity index (χ4n) is 9.38. The highest BCUT2D eigenvalue weighted by atomic mass is 32.3. The van der Waals surface area contributed by atoms with Gasteiger partial charge in [0.05, 0.1) is 19.8 Å². The first kappa shape index (κ1) is 65.1. The van der Waals surface area contributed by atoms with E-state index in [0.717, 1.165) is 38.5 Å². The van der Waals surface area contributed by atoms with Crippen LogP contribution in [0.5, 0.6) is 0 Å². The van der Waals surface area contributed by atoms with Crippen LogP contribution in [0.15, 0.2) is 0 Å². The Labute approximate surface area is 417 Å². The fraction of sp³-hybridized carbons (Fsp3) is 0.982. The van der Waals surface area contributed by atoms with Crippen molar-refractivity contribution in [1.29, 1.82) is 0 Å². The van der Waals surface area contributed by atoms with Crippen LogP contribution in [-0.2, 0) is 38.3 Å². The Morgan fingerprint density at radius 3 is 1.18 bits per heavy atom. The van der Waals surface area contributed by atoms with Gasteiger partial charge in [0.2, 0.25) is 0 Å². The molecule has 0 bridgehead atoms.